The van der Waals surface area contributed by atoms with Gasteiger partial charge in [-0.3, -0.25) is 24.1 Å². The van der Waals surface area contributed by atoms with Gasteiger partial charge in [0.25, 0.3) is 17.7 Å². The van der Waals surface area contributed by atoms with Gasteiger partial charge in [-0.05, 0) is 54.4 Å². The summed E-state index contributed by atoms with van der Waals surface area (Å²) in [6, 6.07) is 18.9. The van der Waals surface area contributed by atoms with Crippen molar-refractivity contribution in [2.75, 3.05) is 10.6 Å². The number of rotatable bonds is 5. The number of nitrogens with zero attached hydrogens (tertiary/aromatic N) is 1. The van der Waals surface area contributed by atoms with Gasteiger partial charge in [-0.2, -0.15) is 0 Å². The molecule has 4 amide bonds. The number of fused-ring (bicyclic) bond motifs is 1. The van der Waals surface area contributed by atoms with Crippen molar-refractivity contribution in [3.63, 3.8) is 0 Å². The summed E-state index contributed by atoms with van der Waals surface area (Å²) in [5.41, 5.74) is 3.64. The molecule has 0 spiro atoms. The Kier molecular flexibility index (Phi) is 5.55. The van der Waals surface area contributed by atoms with Crippen LogP contribution >= 0.6 is 0 Å². The van der Waals surface area contributed by atoms with E-state index in [2.05, 4.69) is 10.6 Å². The van der Waals surface area contributed by atoms with E-state index in [1.807, 2.05) is 37.3 Å². The first-order valence-electron chi connectivity index (χ1n) is 10.1. The van der Waals surface area contributed by atoms with Crippen LogP contribution in [0.4, 0.5) is 11.4 Å². The zero-order chi connectivity index (χ0) is 22.8. The highest BCUT2D eigenvalue weighted by Crippen LogP contribution is 2.26. The first-order chi connectivity index (χ1) is 15.3. The molecule has 0 unspecified atom stereocenters. The van der Waals surface area contributed by atoms with Crippen LogP contribution in [0, 0.1) is 6.92 Å². The van der Waals surface area contributed by atoms with E-state index in [0.29, 0.717) is 11.4 Å². The number of carbonyl (C=O) groups excluding carboxylic acids is 4. The van der Waals surface area contributed by atoms with Crippen LogP contribution in [0.15, 0.2) is 66.7 Å². The topological polar surface area (TPSA) is 95.6 Å². The lowest BCUT2D eigenvalue weighted by Gasteiger charge is -2.13. The van der Waals surface area contributed by atoms with Gasteiger partial charge in [-0.15, -0.1) is 0 Å². The third-order valence-electron chi connectivity index (χ3n) is 5.21. The number of hydrogen-bond donors (Lipinski definition) is 2. The molecule has 0 radical (unpaired) electrons. The maximum Gasteiger partial charge on any atom is 0.261 e. The second-order valence-corrected chi connectivity index (χ2v) is 7.61. The SMILES string of the molecule is CC(=O)Nc1ccc(NC(=O)c2ccc3c(c2)C(=O)N(Cc2ccccc2)C3=O)cc1C. The number of anilines is 2. The minimum absolute atomic E-state index is 0.175. The van der Waals surface area contributed by atoms with Gasteiger partial charge < -0.3 is 10.6 Å². The molecule has 1 aliphatic heterocycles. The van der Waals surface area contributed by atoms with E-state index in [0.717, 1.165) is 11.1 Å². The minimum Gasteiger partial charge on any atom is -0.326 e. The van der Waals surface area contributed by atoms with Gasteiger partial charge >= 0.3 is 0 Å². The summed E-state index contributed by atoms with van der Waals surface area (Å²) in [5, 5.41) is 5.50. The standard InChI is InChI=1S/C25H21N3O4/c1-15-12-19(9-11-22(15)26-16(2)29)27-23(30)18-8-10-20-21(13-18)25(32)28(24(20)31)14-17-6-4-3-5-7-17/h3-13H,14H2,1-2H3,(H,26,29)(H,27,30). The van der Waals surface area contributed by atoms with Crippen molar-refractivity contribution >= 4 is 35.0 Å². The number of imide groups is 1. The zero-order valence-corrected chi connectivity index (χ0v) is 17.6. The lowest BCUT2D eigenvalue weighted by atomic mass is 10.1. The fraction of sp³-hybridized carbons (Fsp3) is 0.120. The molecule has 4 rings (SSSR count). The average molecular weight is 427 g/mol. The number of hydrogen-bond acceptors (Lipinski definition) is 4. The molecule has 0 bridgehead atoms. The molecule has 160 valence electrons. The Hall–Kier alpha value is -4.26. The second kappa shape index (κ2) is 8.47. The quantitative estimate of drug-likeness (QED) is 0.602. The first-order valence-corrected chi connectivity index (χ1v) is 10.1. The van der Waals surface area contributed by atoms with E-state index >= 15 is 0 Å². The van der Waals surface area contributed by atoms with Crippen molar-refractivity contribution in [2.24, 2.45) is 0 Å². The molecule has 0 aromatic heterocycles. The maximum absolute atomic E-state index is 12.9. The Morgan fingerprint density at radius 3 is 2.25 bits per heavy atom. The largest absolute Gasteiger partial charge is 0.326 e. The molecule has 7 heteroatoms. The summed E-state index contributed by atoms with van der Waals surface area (Å²) in [5.74, 6) is -1.37. The summed E-state index contributed by atoms with van der Waals surface area (Å²) in [6.07, 6.45) is 0. The maximum atomic E-state index is 12.9. The van der Waals surface area contributed by atoms with Crippen LogP contribution < -0.4 is 10.6 Å². The summed E-state index contributed by atoms with van der Waals surface area (Å²) in [6.45, 7) is 3.42. The molecular weight excluding hydrogens is 406 g/mol. The predicted molar refractivity (Wildman–Crippen MR) is 121 cm³/mol. The molecule has 3 aromatic carbocycles. The highest BCUT2D eigenvalue weighted by molar-refractivity contribution is 6.22. The van der Waals surface area contributed by atoms with Crippen molar-refractivity contribution < 1.29 is 19.2 Å². The molecule has 1 aliphatic rings. The van der Waals surface area contributed by atoms with Gasteiger partial charge in [0, 0.05) is 23.9 Å². The first kappa shape index (κ1) is 21.0. The molecule has 0 atom stereocenters. The molecule has 3 aromatic rings. The van der Waals surface area contributed by atoms with E-state index in [1.54, 1.807) is 18.2 Å². The fourth-order valence-corrected chi connectivity index (χ4v) is 3.62. The van der Waals surface area contributed by atoms with E-state index < -0.39 is 11.8 Å². The van der Waals surface area contributed by atoms with Crippen LogP contribution in [0.5, 0.6) is 0 Å². The number of amides is 4. The van der Waals surface area contributed by atoms with Crippen LogP contribution in [0.25, 0.3) is 0 Å². The Morgan fingerprint density at radius 2 is 1.56 bits per heavy atom. The van der Waals surface area contributed by atoms with Crippen molar-refractivity contribution in [1.82, 2.24) is 4.90 Å². The summed E-state index contributed by atoms with van der Waals surface area (Å²) in [7, 11) is 0. The van der Waals surface area contributed by atoms with Crippen LogP contribution in [0.2, 0.25) is 0 Å². The Morgan fingerprint density at radius 1 is 0.844 bits per heavy atom. The number of nitrogens with one attached hydrogen (secondary N) is 2. The van der Waals surface area contributed by atoms with Gasteiger partial charge in [0.05, 0.1) is 17.7 Å². The van der Waals surface area contributed by atoms with Gasteiger partial charge in [-0.25, -0.2) is 0 Å². The van der Waals surface area contributed by atoms with Crippen LogP contribution in [0.1, 0.15) is 49.1 Å². The number of carbonyl (C=O) groups is 4. The Bertz CT molecular complexity index is 1250. The smallest absolute Gasteiger partial charge is 0.261 e. The highest BCUT2D eigenvalue weighted by Gasteiger charge is 2.36. The van der Waals surface area contributed by atoms with Crippen molar-refractivity contribution in [2.45, 2.75) is 20.4 Å². The summed E-state index contributed by atoms with van der Waals surface area (Å²) in [4.78, 5) is 50.7. The average Bonchev–Trinajstić information content (AvgIpc) is 3.00. The molecule has 7 nitrogen and oxygen atoms in total. The molecule has 0 fully saturated rings. The fourth-order valence-electron chi connectivity index (χ4n) is 3.62. The molecule has 2 N–H and O–H groups in total. The number of aryl methyl sites for hydroxylation is 1. The lowest BCUT2D eigenvalue weighted by molar-refractivity contribution is -0.114. The third kappa shape index (κ3) is 4.13. The molecule has 0 aliphatic carbocycles. The number of benzene rings is 3. The zero-order valence-electron chi connectivity index (χ0n) is 17.6. The predicted octanol–water partition coefficient (Wildman–Crippen LogP) is 4.00. The van der Waals surface area contributed by atoms with Gasteiger partial charge in [-0.1, -0.05) is 30.3 Å². The molecular formula is C25H21N3O4. The lowest BCUT2D eigenvalue weighted by Crippen LogP contribution is -2.29. The van der Waals surface area contributed by atoms with Crippen LogP contribution in [0.3, 0.4) is 0 Å². The molecule has 32 heavy (non-hydrogen) atoms. The third-order valence-corrected chi connectivity index (χ3v) is 5.21. The van der Waals surface area contributed by atoms with Crippen molar-refractivity contribution in [1.29, 1.82) is 0 Å². The minimum atomic E-state index is -0.418. The van der Waals surface area contributed by atoms with Gasteiger partial charge in [0.2, 0.25) is 5.91 Å². The van der Waals surface area contributed by atoms with Gasteiger partial charge in [0.1, 0.15) is 0 Å². The second-order valence-electron chi connectivity index (χ2n) is 7.61. The summed E-state index contributed by atoms with van der Waals surface area (Å²) >= 11 is 0. The van der Waals surface area contributed by atoms with Crippen LogP contribution in [-0.2, 0) is 11.3 Å². The Balaban J connectivity index is 1.52. The van der Waals surface area contributed by atoms with E-state index in [-0.39, 0.29) is 35.0 Å². The van der Waals surface area contributed by atoms with Crippen molar-refractivity contribution in [3.05, 3.63) is 94.5 Å². The van der Waals surface area contributed by atoms with E-state index in [4.69, 9.17) is 0 Å². The normalized spacial score (nSPS) is 12.5. The monoisotopic (exact) mass is 427 g/mol. The van der Waals surface area contributed by atoms with E-state index in [1.165, 1.54) is 30.0 Å². The molecule has 0 saturated heterocycles. The Labute approximate surface area is 185 Å². The summed E-state index contributed by atoms with van der Waals surface area (Å²) < 4.78 is 0. The molecule has 1 heterocycles. The molecule has 0 saturated carbocycles. The van der Waals surface area contributed by atoms with E-state index in [9.17, 15) is 19.2 Å². The highest BCUT2D eigenvalue weighted by atomic mass is 16.2. The van der Waals surface area contributed by atoms with Gasteiger partial charge in [0.15, 0.2) is 0 Å². The van der Waals surface area contributed by atoms with Crippen molar-refractivity contribution in [3.8, 4) is 0 Å². The van der Waals surface area contributed by atoms with Crippen LogP contribution in [-0.4, -0.2) is 28.5 Å².